The second-order valence-electron chi connectivity index (χ2n) is 6.77. The number of carbonyl (C=O) groups is 3. The first-order chi connectivity index (χ1) is 14.3. The van der Waals surface area contributed by atoms with Gasteiger partial charge in [0.1, 0.15) is 6.54 Å². The Morgan fingerprint density at radius 3 is 2.70 bits per heavy atom. The lowest BCUT2D eigenvalue weighted by molar-refractivity contribution is -0.114. The number of nitrogens with zero attached hydrogens (tertiary/aromatic N) is 3. The summed E-state index contributed by atoms with van der Waals surface area (Å²) in [5.74, 6) is -0.457. The summed E-state index contributed by atoms with van der Waals surface area (Å²) in [6.45, 7) is 1.91. The van der Waals surface area contributed by atoms with Crippen LogP contribution in [-0.4, -0.2) is 52.4 Å². The first-order valence-electron chi connectivity index (χ1n) is 9.24. The molecule has 10 heteroatoms. The quantitative estimate of drug-likeness (QED) is 0.570. The molecule has 0 atom stereocenters. The number of methoxy groups -OCH3 is 1. The SMILES string of the molecule is COC(=O)N1CCc2nn(CC(=O)c3ccc(NC(C)=O)c(SC)c3)c(=O)cc2C1. The lowest BCUT2D eigenvalue weighted by Gasteiger charge is -2.27. The standard InChI is InChI=1S/C20H22N4O5S/c1-12(25)21-16-5-4-13(8-18(16)30-3)17(26)11-24-19(27)9-14-10-23(20(28)29-2)7-6-15(14)22-24/h4-5,8-9H,6-7,10-11H2,1-3H3,(H,21,25). The summed E-state index contributed by atoms with van der Waals surface area (Å²) in [7, 11) is 1.31. The minimum absolute atomic E-state index is 0.194. The molecule has 0 aliphatic carbocycles. The summed E-state index contributed by atoms with van der Waals surface area (Å²) in [5.41, 5.74) is 1.99. The van der Waals surface area contributed by atoms with Gasteiger partial charge in [-0.1, -0.05) is 0 Å². The molecule has 158 valence electrons. The number of carbonyl (C=O) groups excluding carboxylic acids is 3. The monoisotopic (exact) mass is 430 g/mol. The summed E-state index contributed by atoms with van der Waals surface area (Å²) >= 11 is 1.41. The minimum atomic E-state index is -0.452. The van der Waals surface area contributed by atoms with Gasteiger partial charge in [0.2, 0.25) is 5.91 Å². The molecular formula is C20H22N4O5S. The largest absolute Gasteiger partial charge is 0.453 e. The number of anilines is 1. The normalized spacial score (nSPS) is 12.8. The Labute approximate surface area is 177 Å². The van der Waals surface area contributed by atoms with E-state index in [2.05, 4.69) is 10.4 Å². The molecule has 0 spiro atoms. The van der Waals surface area contributed by atoms with Gasteiger partial charge >= 0.3 is 6.09 Å². The molecule has 1 N–H and O–H groups in total. The molecule has 2 heterocycles. The van der Waals surface area contributed by atoms with Gasteiger partial charge in [0.05, 0.1) is 25.0 Å². The van der Waals surface area contributed by atoms with Gasteiger partial charge < -0.3 is 15.0 Å². The van der Waals surface area contributed by atoms with E-state index < -0.39 is 11.7 Å². The van der Waals surface area contributed by atoms with Crippen molar-refractivity contribution in [3.63, 3.8) is 0 Å². The highest BCUT2D eigenvalue weighted by atomic mass is 32.2. The first-order valence-corrected chi connectivity index (χ1v) is 10.5. The van der Waals surface area contributed by atoms with Gasteiger partial charge in [-0.05, 0) is 24.5 Å². The molecule has 0 radical (unpaired) electrons. The topological polar surface area (TPSA) is 111 Å². The number of fused-ring (bicyclic) bond motifs is 1. The summed E-state index contributed by atoms with van der Waals surface area (Å²) in [6.07, 6.45) is 1.87. The third-order valence-electron chi connectivity index (χ3n) is 4.70. The molecule has 0 saturated carbocycles. The number of aromatic nitrogens is 2. The third kappa shape index (κ3) is 4.70. The van der Waals surface area contributed by atoms with E-state index in [0.29, 0.717) is 35.5 Å². The van der Waals surface area contributed by atoms with Crippen molar-refractivity contribution < 1.29 is 19.1 Å². The van der Waals surface area contributed by atoms with Crippen LogP contribution in [0.3, 0.4) is 0 Å². The van der Waals surface area contributed by atoms with E-state index in [-0.39, 0.29) is 24.8 Å². The van der Waals surface area contributed by atoms with Crippen LogP contribution in [0.1, 0.15) is 28.5 Å². The number of hydrogen-bond acceptors (Lipinski definition) is 7. The molecule has 0 fully saturated rings. The number of ether oxygens (including phenoxy) is 1. The zero-order valence-corrected chi connectivity index (χ0v) is 17.7. The predicted octanol–water partition coefficient (Wildman–Crippen LogP) is 1.93. The number of rotatable bonds is 5. The van der Waals surface area contributed by atoms with Crippen molar-refractivity contribution in [3.8, 4) is 0 Å². The van der Waals surface area contributed by atoms with Crippen LogP contribution in [0.25, 0.3) is 0 Å². The molecule has 3 rings (SSSR count). The van der Waals surface area contributed by atoms with Crippen molar-refractivity contribution in [1.82, 2.24) is 14.7 Å². The highest BCUT2D eigenvalue weighted by Gasteiger charge is 2.23. The molecule has 1 aliphatic rings. The smallest absolute Gasteiger partial charge is 0.409 e. The lowest BCUT2D eigenvalue weighted by atomic mass is 10.1. The molecule has 2 amide bonds. The zero-order chi connectivity index (χ0) is 21.8. The maximum absolute atomic E-state index is 12.8. The summed E-state index contributed by atoms with van der Waals surface area (Å²) < 4.78 is 5.87. The number of ketones is 1. The predicted molar refractivity (Wildman–Crippen MR) is 112 cm³/mol. The van der Waals surface area contributed by atoms with E-state index in [1.165, 1.54) is 36.8 Å². The van der Waals surface area contributed by atoms with E-state index in [1.54, 1.807) is 18.2 Å². The summed E-state index contributed by atoms with van der Waals surface area (Å²) in [6, 6.07) is 6.39. The van der Waals surface area contributed by atoms with Gasteiger partial charge in [-0.15, -0.1) is 11.8 Å². The Balaban J connectivity index is 1.80. The second-order valence-corrected chi connectivity index (χ2v) is 7.62. The van der Waals surface area contributed by atoms with Gasteiger partial charge in [-0.3, -0.25) is 14.4 Å². The molecule has 1 aliphatic heterocycles. The van der Waals surface area contributed by atoms with Gasteiger partial charge in [-0.25, -0.2) is 9.48 Å². The lowest BCUT2D eigenvalue weighted by Crippen LogP contribution is -2.38. The van der Waals surface area contributed by atoms with E-state index >= 15 is 0 Å². The molecule has 30 heavy (non-hydrogen) atoms. The Hall–Kier alpha value is -3.14. The van der Waals surface area contributed by atoms with Crippen molar-refractivity contribution in [2.75, 3.05) is 25.2 Å². The molecule has 2 aromatic rings. The first kappa shape index (κ1) is 21.6. The number of Topliss-reactive ketones (excluding diaryl/α,β-unsaturated/α-hetero) is 1. The maximum atomic E-state index is 12.8. The molecular weight excluding hydrogens is 408 g/mol. The fourth-order valence-corrected chi connectivity index (χ4v) is 3.81. The number of amides is 2. The van der Waals surface area contributed by atoms with Gasteiger partial charge in [-0.2, -0.15) is 5.10 Å². The number of nitrogens with one attached hydrogen (secondary N) is 1. The van der Waals surface area contributed by atoms with Crippen molar-refractivity contribution in [2.45, 2.75) is 31.3 Å². The number of thioether (sulfide) groups is 1. The Morgan fingerprint density at radius 2 is 2.03 bits per heavy atom. The Bertz CT molecular complexity index is 1070. The average molecular weight is 430 g/mol. The molecule has 0 unspecified atom stereocenters. The van der Waals surface area contributed by atoms with Crippen LogP contribution in [0, 0.1) is 0 Å². The number of benzene rings is 1. The third-order valence-corrected chi connectivity index (χ3v) is 5.48. The maximum Gasteiger partial charge on any atom is 0.409 e. The summed E-state index contributed by atoms with van der Waals surface area (Å²) in [5, 5.41) is 7.06. The van der Waals surface area contributed by atoms with Gasteiger partial charge in [0.15, 0.2) is 5.78 Å². The minimum Gasteiger partial charge on any atom is -0.453 e. The molecule has 1 aromatic heterocycles. The van der Waals surface area contributed by atoms with E-state index in [0.717, 1.165) is 9.58 Å². The molecule has 0 bridgehead atoms. The van der Waals surface area contributed by atoms with E-state index in [9.17, 15) is 19.2 Å². The second kappa shape index (κ2) is 9.12. The molecule has 9 nitrogen and oxygen atoms in total. The zero-order valence-electron chi connectivity index (χ0n) is 16.9. The van der Waals surface area contributed by atoms with Gasteiger partial charge in [0, 0.05) is 42.0 Å². The van der Waals surface area contributed by atoms with Crippen LogP contribution in [0.5, 0.6) is 0 Å². The molecule has 0 saturated heterocycles. The van der Waals surface area contributed by atoms with Crippen molar-refractivity contribution in [3.05, 3.63) is 51.4 Å². The Morgan fingerprint density at radius 1 is 1.27 bits per heavy atom. The van der Waals surface area contributed by atoms with Crippen LogP contribution in [0.2, 0.25) is 0 Å². The van der Waals surface area contributed by atoms with Crippen LogP contribution < -0.4 is 10.9 Å². The van der Waals surface area contributed by atoms with E-state index in [1.807, 2.05) is 6.26 Å². The van der Waals surface area contributed by atoms with Crippen molar-refractivity contribution in [2.24, 2.45) is 0 Å². The van der Waals surface area contributed by atoms with Crippen LogP contribution in [0.4, 0.5) is 10.5 Å². The molecule has 1 aromatic carbocycles. The van der Waals surface area contributed by atoms with Crippen molar-refractivity contribution >= 4 is 35.2 Å². The summed E-state index contributed by atoms with van der Waals surface area (Å²) in [4.78, 5) is 50.5. The fraction of sp³-hybridized carbons (Fsp3) is 0.350. The fourth-order valence-electron chi connectivity index (χ4n) is 3.22. The highest BCUT2D eigenvalue weighted by molar-refractivity contribution is 7.98. The van der Waals surface area contributed by atoms with E-state index in [4.69, 9.17) is 4.74 Å². The average Bonchev–Trinajstić information content (AvgIpc) is 2.73. The van der Waals surface area contributed by atoms with Crippen LogP contribution in [0.15, 0.2) is 34.0 Å². The van der Waals surface area contributed by atoms with Crippen LogP contribution >= 0.6 is 11.8 Å². The van der Waals surface area contributed by atoms with Crippen LogP contribution in [-0.2, 0) is 29.0 Å². The van der Waals surface area contributed by atoms with Crippen molar-refractivity contribution in [1.29, 1.82) is 0 Å². The van der Waals surface area contributed by atoms with Gasteiger partial charge in [0.25, 0.3) is 5.56 Å². The Kier molecular flexibility index (Phi) is 6.56. The number of hydrogen-bond donors (Lipinski definition) is 1. The highest BCUT2D eigenvalue weighted by Crippen LogP contribution is 2.27.